The molecule has 14 heavy (non-hydrogen) atoms. The van der Waals surface area contributed by atoms with Gasteiger partial charge in [0.2, 0.25) is 0 Å². The van der Waals surface area contributed by atoms with Gasteiger partial charge in [0, 0.05) is 7.11 Å². The van der Waals surface area contributed by atoms with Crippen LogP contribution in [-0.4, -0.2) is 25.8 Å². The van der Waals surface area contributed by atoms with Crippen LogP contribution in [-0.2, 0) is 14.3 Å². The van der Waals surface area contributed by atoms with Gasteiger partial charge in [0.1, 0.15) is 5.78 Å². The zero-order chi connectivity index (χ0) is 10.8. The zero-order valence-corrected chi connectivity index (χ0v) is 9.03. The van der Waals surface area contributed by atoms with E-state index < -0.39 is 6.29 Å². The second-order valence-electron chi connectivity index (χ2n) is 2.86. The Balaban J connectivity index is 3.67. The fourth-order valence-electron chi connectivity index (χ4n) is 0.853. The molecule has 0 aliphatic rings. The first-order valence-electron chi connectivity index (χ1n) is 4.62. The highest BCUT2D eigenvalue weighted by molar-refractivity contribution is 5.75. The van der Waals surface area contributed by atoms with Gasteiger partial charge in [0.05, 0.1) is 13.0 Å². The smallest absolute Gasteiger partial charge is 0.164 e. The Bertz CT molecular complexity index is 207. The fraction of sp³-hybridized carbons (Fsp3) is 0.545. The van der Waals surface area contributed by atoms with Gasteiger partial charge in [0.25, 0.3) is 0 Å². The van der Waals surface area contributed by atoms with Crippen molar-refractivity contribution in [2.75, 3.05) is 13.7 Å². The quantitative estimate of drug-likeness (QED) is 0.464. The summed E-state index contributed by atoms with van der Waals surface area (Å²) in [7, 11) is 1.53. The van der Waals surface area contributed by atoms with E-state index in [1.165, 1.54) is 14.0 Å². The maximum absolute atomic E-state index is 10.8. The van der Waals surface area contributed by atoms with Crippen LogP contribution in [0.1, 0.15) is 20.3 Å². The van der Waals surface area contributed by atoms with E-state index in [-0.39, 0.29) is 5.78 Å². The summed E-state index contributed by atoms with van der Waals surface area (Å²) >= 11 is 0. The van der Waals surface area contributed by atoms with E-state index in [4.69, 9.17) is 9.47 Å². The molecule has 0 fully saturated rings. The van der Waals surface area contributed by atoms with Crippen molar-refractivity contribution in [1.82, 2.24) is 0 Å². The van der Waals surface area contributed by atoms with Gasteiger partial charge in [-0.3, -0.25) is 4.79 Å². The van der Waals surface area contributed by atoms with E-state index in [0.717, 1.165) is 0 Å². The van der Waals surface area contributed by atoms with Gasteiger partial charge in [-0.2, -0.15) is 0 Å². The van der Waals surface area contributed by atoms with E-state index in [2.05, 4.69) is 0 Å². The van der Waals surface area contributed by atoms with Crippen molar-refractivity contribution in [2.45, 2.75) is 26.6 Å². The molecule has 0 heterocycles. The maximum Gasteiger partial charge on any atom is 0.164 e. The van der Waals surface area contributed by atoms with Gasteiger partial charge in [0.15, 0.2) is 6.29 Å². The van der Waals surface area contributed by atoms with Gasteiger partial charge in [-0.1, -0.05) is 24.3 Å². The summed E-state index contributed by atoms with van der Waals surface area (Å²) < 4.78 is 10.3. The Hall–Kier alpha value is -0.930. The van der Waals surface area contributed by atoms with E-state index in [0.29, 0.717) is 13.0 Å². The third-order valence-corrected chi connectivity index (χ3v) is 1.54. The molecular formula is C11H18O3. The Labute approximate surface area is 85.4 Å². The third-order valence-electron chi connectivity index (χ3n) is 1.54. The Morgan fingerprint density at radius 1 is 1.43 bits per heavy atom. The first-order valence-corrected chi connectivity index (χ1v) is 4.62. The molecule has 0 aromatic heterocycles. The first kappa shape index (κ1) is 13.1. The lowest BCUT2D eigenvalue weighted by Crippen LogP contribution is -2.18. The largest absolute Gasteiger partial charge is 0.355 e. The predicted molar refractivity (Wildman–Crippen MR) is 56.0 cm³/mol. The molecule has 0 aliphatic carbocycles. The fourth-order valence-corrected chi connectivity index (χ4v) is 0.853. The molecule has 1 atom stereocenters. The monoisotopic (exact) mass is 198 g/mol. The molecule has 0 amide bonds. The van der Waals surface area contributed by atoms with E-state index in [1.807, 2.05) is 31.2 Å². The van der Waals surface area contributed by atoms with Gasteiger partial charge in [-0.25, -0.2) is 0 Å². The van der Waals surface area contributed by atoms with Crippen molar-refractivity contribution in [2.24, 2.45) is 0 Å². The van der Waals surface area contributed by atoms with Crippen molar-refractivity contribution in [3.8, 4) is 0 Å². The van der Waals surface area contributed by atoms with Crippen LogP contribution in [0.5, 0.6) is 0 Å². The number of carbonyl (C=O) groups is 1. The average molecular weight is 198 g/mol. The van der Waals surface area contributed by atoms with Gasteiger partial charge in [-0.05, 0) is 13.8 Å². The number of allylic oxidation sites excluding steroid dienone is 3. The number of methoxy groups -OCH3 is 1. The molecule has 0 N–H and O–H groups in total. The van der Waals surface area contributed by atoms with Crippen molar-refractivity contribution < 1.29 is 14.3 Å². The van der Waals surface area contributed by atoms with Crippen LogP contribution in [0, 0.1) is 0 Å². The molecular weight excluding hydrogens is 180 g/mol. The first-order chi connectivity index (χ1) is 6.70. The number of rotatable bonds is 7. The predicted octanol–water partition coefficient (Wildman–Crippen LogP) is 2.09. The molecule has 0 aromatic carbocycles. The maximum atomic E-state index is 10.8. The summed E-state index contributed by atoms with van der Waals surface area (Å²) in [5.41, 5.74) is 0. The lowest BCUT2D eigenvalue weighted by Gasteiger charge is -2.12. The molecule has 0 bridgehead atoms. The Morgan fingerprint density at radius 2 is 2.14 bits per heavy atom. The lowest BCUT2D eigenvalue weighted by atomic mass is 10.3. The summed E-state index contributed by atoms with van der Waals surface area (Å²) in [5, 5.41) is 0. The van der Waals surface area contributed by atoms with Crippen molar-refractivity contribution in [1.29, 1.82) is 0 Å². The number of hydrogen-bond donors (Lipinski definition) is 0. The second kappa shape index (κ2) is 8.66. The van der Waals surface area contributed by atoms with E-state index in [9.17, 15) is 4.79 Å². The number of hydrogen-bond acceptors (Lipinski definition) is 3. The van der Waals surface area contributed by atoms with Crippen LogP contribution in [0.2, 0.25) is 0 Å². The van der Waals surface area contributed by atoms with E-state index >= 15 is 0 Å². The summed E-state index contributed by atoms with van der Waals surface area (Å²) in [5.74, 6) is 0.0642. The minimum atomic E-state index is -0.428. The van der Waals surface area contributed by atoms with Crippen LogP contribution >= 0.6 is 0 Å². The molecule has 0 rings (SSSR count). The van der Waals surface area contributed by atoms with Crippen LogP contribution in [0.25, 0.3) is 0 Å². The molecule has 3 heteroatoms. The van der Waals surface area contributed by atoms with Crippen LogP contribution < -0.4 is 0 Å². The minimum Gasteiger partial charge on any atom is -0.355 e. The molecule has 0 aromatic rings. The molecule has 0 saturated carbocycles. The van der Waals surface area contributed by atoms with Gasteiger partial charge in [-0.15, -0.1) is 0 Å². The molecule has 0 aliphatic heterocycles. The van der Waals surface area contributed by atoms with Crippen LogP contribution in [0.3, 0.4) is 0 Å². The summed E-state index contributed by atoms with van der Waals surface area (Å²) in [4.78, 5) is 10.8. The van der Waals surface area contributed by atoms with Crippen molar-refractivity contribution in [3.05, 3.63) is 24.3 Å². The lowest BCUT2D eigenvalue weighted by molar-refractivity contribution is -0.140. The highest BCUT2D eigenvalue weighted by Gasteiger charge is 2.08. The highest BCUT2D eigenvalue weighted by atomic mass is 16.7. The Morgan fingerprint density at radius 3 is 2.64 bits per heavy atom. The molecule has 3 nitrogen and oxygen atoms in total. The molecule has 1 unspecified atom stereocenters. The van der Waals surface area contributed by atoms with Crippen LogP contribution in [0.4, 0.5) is 0 Å². The zero-order valence-electron chi connectivity index (χ0n) is 9.03. The number of ether oxygens (including phenoxy) is 2. The number of Topliss-reactive ketones (excluding diaryl/α,β-unsaturated/α-hetero) is 1. The van der Waals surface area contributed by atoms with Crippen LogP contribution in [0.15, 0.2) is 24.3 Å². The van der Waals surface area contributed by atoms with Gasteiger partial charge >= 0.3 is 0 Å². The van der Waals surface area contributed by atoms with Crippen molar-refractivity contribution >= 4 is 5.78 Å². The summed E-state index contributed by atoms with van der Waals surface area (Å²) in [6, 6.07) is 0. The minimum absolute atomic E-state index is 0.0642. The molecule has 0 spiro atoms. The average Bonchev–Trinajstić information content (AvgIpc) is 2.15. The van der Waals surface area contributed by atoms with Crippen molar-refractivity contribution in [3.63, 3.8) is 0 Å². The Kier molecular flexibility index (Phi) is 8.08. The summed E-state index contributed by atoms with van der Waals surface area (Å²) in [6.07, 6.45) is 7.47. The number of carbonyl (C=O) groups excluding carboxylic acids is 1. The second-order valence-corrected chi connectivity index (χ2v) is 2.86. The molecule has 80 valence electrons. The molecule has 0 saturated heterocycles. The summed E-state index contributed by atoms with van der Waals surface area (Å²) in [6.45, 7) is 3.92. The van der Waals surface area contributed by atoms with E-state index in [1.54, 1.807) is 0 Å². The normalized spacial score (nSPS) is 13.9. The standard InChI is InChI=1S/C11H18O3/c1-4-5-6-7-8-14-11(13-3)9-10(2)12/h4-7,11H,8-9H2,1-3H3/b5-4+,7-6+. The highest BCUT2D eigenvalue weighted by Crippen LogP contribution is 2.00. The number of ketones is 1. The SMILES string of the molecule is C/C=C/C=C/COC(CC(C)=O)OC. The topological polar surface area (TPSA) is 35.5 Å². The third kappa shape index (κ3) is 7.71. The van der Waals surface area contributed by atoms with Gasteiger partial charge < -0.3 is 9.47 Å². The molecule has 0 radical (unpaired) electrons.